The highest BCUT2D eigenvalue weighted by Crippen LogP contribution is 2.44. The second-order valence-corrected chi connectivity index (χ2v) is 9.17. The van der Waals surface area contributed by atoms with Gasteiger partial charge in [0, 0.05) is 5.92 Å². The molecule has 2 unspecified atom stereocenters. The van der Waals surface area contributed by atoms with E-state index in [1.54, 1.807) is 13.8 Å². The van der Waals surface area contributed by atoms with E-state index in [1.807, 2.05) is 66.7 Å². The van der Waals surface area contributed by atoms with Gasteiger partial charge in [0.1, 0.15) is 25.3 Å². The highest BCUT2D eigenvalue weighted by atomic mass is 16.5. The van der Waals surface area contributed by atoms with Crippen LogP contribution in [0.5, 0.6) is 0 Å². The van der Waals surface area contributed by atoms with Crippen LogP contribution in [0.4, 0.5) is 4.79 Å². The van der Waals surface area contributed by atoms with E-state index in [0.717, 1.165) is 27.8 Å². The number of hydrogen-bond acceptors (Lipinski definition) is 5. The van der Waals surface area contributed by atoms with Gasteiger partial charge in [0.15, 0.2) is 0 Å². The Bertz CT molecular complexity index is 1250. The number of hydrogen-bond donors (Lipinski definition) is 1. The van der Waals surface area contributed by atoms with Gasteiger partial charge in [-0.25, -0.2) is 9.59 Å². The molecule has 36 heavy (non-hydrogen) atoms. The minimum atomic E-state index is -0.889. The van der Waals surface area contributed by atoms with Crippen LogP contribution in [0, 0.1) is 0 Å². The smallest absolute Gasteiger partial charge is 0.407 e. The molecule has 0 saturated carbocycles. The summed E-state index contributed by atoms with van der Waals surface area (Å²) in [7, 11) is 0. The second-order valence-electron chi connectivity index (χ2n) is 9.17. The lowest BCUT2D eigenvalue weighted by Gasteiger charge is -2.40. The first-order valence-electron chi connectivity index (χ1n) is 12.1. The molecule has 0 aromatic heterocycles. The van der Waals surface area contributed by atoms with Crippen LogP contribution in [-0.2, 0) is 19.1 Å². The molecule has 3 aromatic rings. The zero-order chi connectivity index (χ0) is 25.2. The fourth-order valence-electron chi connectivity index (χ4n) is 5.12. The number of nitrogens with zero attached hydrogens (tertiary/aromatic N) is 1. The molecule has 1 fully saturated rings. The lowest BCUT2D eigenvalue weighted by molar-refractivity contribution is -0.169. The summed E-state index contributed by atoms with van der Waals surface area (Å²) < 4.78 is 10.9. The molecule has 184 valence electrons. The van der Waals surface area contributed by atoms with Crippen molar-refractivity contribution in [2.75, 3.05) is 13.2 Å². The van der Waals surface area contributed by atoms with Crippen LogP contribution in [0.25, 0.3) is 11.1 Å². The van der Waals surface area contributed by atoms with Crippen molar-refractivity contribution < 1.29 is 23.9 Å². The van der Waals surface area contributed by atoms with Crippen molar-refractivity contribution in [3.05, 3.63) is 95.6 Å². The van der Waals surface area contributed by atoms with Crippen LogP contribution in [0.2, 0.25) is 0 Å². The van der Waals surface area contributed by atoms with Crippen LogP contribution in [0.1, 0.15) is 42.5 Å². The topological polar surface area (TPSA) is 84.9 Å². The third-order valence-corrected chi connectivity index (χ3v) is 6.96. The molecule has 1 aliphatic heterocycles. The maximum absolute atomic E-state index is 13.4. The average Bonchev–Trinajstić information content (AvgIpc) is 3.22. The molecule has 1 aliphatic carbocycles. The standard InChI is InChI=1S/C29H28N2O5/c1-18(27(32)31-19(2)28(33)35-17-26(31)20-10-4-3-5-11-20)30-29(34)36-16-25-23-14-8-6-12-21(23)22-13-7-9-15-24(22)25/h3-15,18-19,25-26H,16-17H2,1-2H3,(H,30,34)/t18-,19?,26?/m0/s1. The van der Waals surface area contributed by atoms with Crippen molar-refractivity contribution in [1.82, 2.24) is 10.2 Å². The van der Waals surface area contributed by atoms with E-state index < -0.39 is 30.2 Å². The predicted molar refractivity (Wildman–Crippen MR) is 134 cm³/mol. The van der Waals surface area contributed by atoms with Gasteiger partial charge in [0.25, 0.3) is 0 Å². The monoisotopic (exact) mass is 484 g/mol. The zero-order valence-corrected chi connectivity index (χ0v) is 20.2. The third-order valence-electron chi connectivity index (χ3n) is 6.96. The number of benzene rings is 3. The zero-order valence-electron chi connectivity index (χ0n) is 20.2. The molecule has 1 heterocycles. The lowest BCUT2D eigenvalue weighted by atomic mass is 9.98. The number of alkyl carbamates (subject to hydrolysis) is 1. The van der Waals surface area contributed by atoms with Crippen molar-refractivity contribution in [2.24, 2.45) is 0 Å². The third kappa shape index (κ3) is 4.33. The van der Waals surface area contributed by atoms with Gasteiger partial charge in [-0.3, -0.25) is 4.79 Å². The van der Waals surface area contributed by atoms with Gasteiger partial charge in [-0.15, -0.1) is 0 Å². The lowest BCUT2D eigenvalue weighted by Crippen LogP contribution is -2.57. The highest BCUT2D eigenvalue weighted by Gasteiger charge is 2.41. The summed E-state index contributed by atoms with van der Waals surface area (Å²) in [4.78, 5) is 39.9. The molecule has 3 atom stereocenters. The van der Waals surface area contributed by atoms with Gasteiger partial charge in [-0.2, -0.15) is 0 Å². The van der Waals surface area contributed by atoms with Crippen LogP contribution < -0.4 is 5.32 Å². The quantitative estimate of drug-likeness (QED) is 0.542. The van der Waals surface area contributed by atoms with E-state index in [9.17, 15) is 14.4 Å². The number of carbonyl (C=O) groups excluding carboxylic acids is 3. The molecule has 7 nitrogen and oxygen atoms in total. The highest BCUT2D eigenvalue weighted by molar-refractivity contribution is 5.90. The van der Waals surface area contributed by atoms with Crippen LogP contribution >= 0.6 is 0 Å². The summed E-state index contributed by atoms with van der Waals surface area (Å²) in [6.07, 6.45) is -0.679. The van der Waals surface area contributed by atoms with Gasteiger partial charge in [0.2, 0.25) is 5.91 Å². The van der Waals surface area contributed by atoms with E-state index in [0.29, 0.717) is 0 Å². The van der Waals surface area contributed by atoms with E-state index in [-0.39, 0.29) is 25.0 Å². The summed E-state index contributed by atoms with van der Waals surface area (Å²) in [5, 5.41) is 2.65. The first-order valence-corrected chi connectivity index (χ1v) is 12.1. The number of carbonyl (C=O) groups is 3. The fourth-order valence-corrected chi connectivity index (χ4v) is 5.12. The summed E-state index contributed by atoms with van der Waals surface area (Å²) in [6.45, 7) is 3.45. The molecule has 1 saturated heterocycles. The number of rotatable bonds is 5. The second kappa shape index (κ2) is 9.85. The number of fused-ring (bicyclic) bond motifs is 3. The number of amides is 2. The normalized spacial score (nSPS) is 19.6. The molecule has 0 spiro atoms. The molecule has 7 heteroatoms. The molecular formula is C29H28N2O5. The number of cyclic esters (lactones) is 1. The SMILES string of the molecule is CC1C(=O)OCC(c2ccccc2)N1C(=O)[C@H](C)NC(=O)OCC1c2ccccc2-c2ccccc21. The minimum absolute atomic E-state index is 0.0661. The molecule has 0 radical (unpaired) electrons. The van der Waals surface area contributed by atoms with Gasteiger partial charge in [-0.1, -0.05) is 78.9 Å². The summed E-state index contributed by atoms with van der Waals surface area (Å²) in [5.41, 5.74) is 5.37. The van der Waals surface area contributed by atoms with Gasteiger partial charge in [0.05, 0.1) is 6.04 Å². The van der Waals surface area contributed by atoms with E-state index in [2.05, 4.69) is 17.4 Å². The Balaban J connectivity index is 1.26. The Morgan fingerprint density at radius 1 is 0.972 bits per heavy atom. The van der Waals surface area contributed by atoms with Crippen LogP contribution in [0.15, 0.2) is 78.9 Å². The minimum Gasteiger partial charge on any atom is -0.462 e. The van der Waals surface area contributed by atoms with E-state index in [1.165, 1.54) is 4.90 Å². The Kier molecular flexibility index (Phi) is 6.46. The van der Waals surface area contributed by atoms with E-state index in [4.69, 9.17) is 9.47 Å². The Morgan fingerprint density at radius 2 is 1.56 bits per heavy atom. The summed E-state index contributed by atoms with van der Waals surface area (Å²) in [6, 6.07) is 23.5. The molecular weight excluding hydrogens is 456 g/mol. The number of esters is 1. The molecule has 0 bridgehead atoms. The van der Waals surface area contributed by atoms with Crippen LogP contribution in [-0.4, -0.2) is 48.2 Å². The summed E-state index contributed by atoms with van der Waals surface area (Å²) in [5.74, 6) is -0.918. The first-order chi connectivity index (χ1) is 17.5. The van der Waals surface area contributed by atoms with Crippen molar-refractivity contribution in [2.45, 2.75) is 37.9 Å². The van der Waals surface area contributed by atoms with Crippen LogP contribution in [0.3, 0.4) is 0 Å². The fraction of sp³-hybridized carbons (Fsp3) is 0.276. The maximum Gasteiger partial charge on any atom is 0.407 e. The molecule has 2 aliphatic rings. The predicted octanol–water partition coefficient (Wildman–Crippen LogP) is 4.43. The van der Waals surface area contributed by atoms with E-state index >= 15 is 0 Å². The van der Waals surface area contributed by atoms with Crippen molar-refractivity contribution in [3.63, 3.8) is 0 Å². The number of ether oxygens (including phenoxy) is 2. The van der Waals surface area contributed by atoms with Gasteiger partial charge >= 0.3 is 12.1 Å². The largest absolute Gasteiger partial charge is 0.462 e. The Morgan fingerprint density at radius 3 is 2.19 bits per heavy atom. The maximum atomic E-state index is 13.4. The Labute approximate surface area is 210 Å². The van der Waals surface area contributed by atoms with Gasteiger partial charge in [-0.05, 0) is 41.7 Å². The first kappa shape index (κ1) is 23.6. The number of nitrogens with one attached hydrogen (secondary N) is 1. The van der Waals surface area contributed by atoms with Crippen molar-refractivity contribution in [3.8, 4) is 11.1 Å². The molecule has 2 amide bonds. The summed E-state index contributed by atoms with van der Waals surface area (Å²) >= 11 is 0. The molecule has 3 aromatic carbocycles. The number of morpholine rings is 1. The molecule has 1 N–H and O–H groups in total. The van der Waals surface area contributed by atoms with Crippen molar-refractivity contribution >= 4 is 18.0 Å². The Hall–Kier alpha value is -4.13. The van der Waals surface area contributed by atoms with Crippen molar-refractivity contribution in [1.29, 1.82) is 0 Å². The average molecular weight is 485 g/mol. The van der Waals surface area contributed by atoms with Gasteiger partial charge < -0.3 is 19.7 Å². The molecule has 5 rings (SSSR count).